The molecule has 2 amide bonds. The van der Waals surface area contributed by atoms with Crippen LogP contribution < -0.4 is 10.6 Å². The van der Waals surface area contributed by atoms with Crippen molar-refractivity contribution in [1.29, 1.82) is 0 Å². The summed E-state index contributed by atoms with van der Waals surface area (Å²) in [6, 6.07) is 6.42. The van der Waals surface area contributed by atoms with E-state index in [0.717, 1.165) is 51.9 Å². The molecular formula is C29H42FN5O3S. The zero-order valence-corrected chi connectivity index (χ0v) is 24.3. The van der Waals surface area contributed by atoms with Crippen molar-refractivity contribution in [2.24, 2.45) is 11.8 Å². The van der Waals surface area contributed by atoms with Crippen LogP contribution in [-0.4, -0.2) is 82.6 Å². The summed E-state index contributed by atoms with van der Waals surface area (Å²) in [5.41, 5.74) is 0.974. The van der Waals surface area contributed by atoms with Crippen molar-refractivity contribution in [3.63, 3.8) is 0 Å². The second-order valence-electron chi connectivity index (χ2n) is 11.9. The Balaban J connectivity index is 1.39. The largest absolute Gasteiger partial charge is 0.389 e. The minimum Gasteiger partial charge on any atom is -0.389 e. The number of nitrogens with zero attached hydrogens (tertiary/aromatic N) is 3. The van der Waals surface area contributed by atoms with Crippen LogP contribution in [0, 0.1) is 24.6 Å². The molecule has 2 aromatic rings. The summed E-state index contributed by atoms with van der Waals surface area (Å²) in [6.07, 6.45) is 4.16. The molecular weight excluding hydrogens is 517 g/mol. The van der Waals surface area contributed by atoms with Crippen molar-refractivity contribution < 1.29 is 19.1 Å². The Labute approximate surface area is 235 Å². The Hall–Kier alpha value is -2.40. The number of carbonyl (C=O) groups is 2. The third kappa shape index (κ3) is 8.79. The average Bonchev–Trinajstić information content (AvgIpc) is 3.21. The van der Waals surface area contributed by atoms with E-state index in [1.807, 2.05) is 12.1 Å². The van der Waals surface area contributed by atoms with E-state index in [4.69, 9.17) is 0 Å². The van der Waals surface area contributed by atoms with Crippen LogP contribution in [-0.2, 0) is 6.42 Å². The number of hydrogen-bond acceptors (Lipinski definition) is 7. The zero-order valence-electron chi connectivity index (χ0n) is 23.5. The molecule has 2 aliphatic heterocycles. The molecule has 0 aliphatic carbocycles. The van der Waals surface area contributed by atoms with Gasteiger partial charge in [0.05, 0.1) is 16.2 Å². The first-order valence-electron chi connectivity index (χ1n) is 13.9. The second kappa shape index (κ2) is 12.8. The van der Waals surface area contributed by atoms with Gasteiger partial charge in [-0.25, -0.2) is 14.2 Å². The lowest BCUT2D eigenvalue weighted by molar-refractivity contribution is 0.0128. The third-order valence-corrected chi connectivity index (χ3v) is 8.81. The molecule has 4 rings (SSSR count). The highest BCUT2D eigenvalue weighted by Gasteiger charge is 2.34. The monoisotopic (exact) mass is 559 g/mol. The van der Waals surface area contributed by atoms with Gasteiger partial charge in [0.1, 0.15) is 5.82 Å². The quantitative estimate of drug-likeness (QED) is 0.396. The molecule has 3 N–H and O–H groups in total. The molecule has 2 aliphatic rings. The predicted octanol–water partition coefficient (Wildman–Crippen LogP) is 4.33. The van der Waals surface area contributed by atoms with E-state index in [1.165, 1.54) is 36.0 Å². The van der Waals surface area contributed by atoms with Crippen molar-refractivity contribution in [2.75, 3.05) is 44.6 Å². The molecule has 0 saturated carbocycles. The van der Waals surface area contributed by atoms with E-state index in [9.17, 15) is 19.1 Å². The Bertz CT molecular complexity index is 1130. The van der Waals surface area contributed by atoms with Crippen LogP contribution in [0.25, 0.3) is 0 Å². The highest BCUT2D eigenvalue weighted by molar-refractivity contribution is 7.17. The van der Waals surface area contributed by atoms with E-state index in [1.54, 1.807) is 20.8 Å². The number of ketones is 1. The third-order valence-electron chi connectivity index (χ3n) is 7.64. The van der Waals surface area contributed by atoms with Crippen molar-refractivity contribution >= 4 is 28.3 Å². The number of carbonyl (C=O) groups excluding carboxylic acids is 2. The average molecular weight is 560 g/mol. The number of aromatic nitrogens is 1. The highest BCUT2D eigenvalue weighted by atomic mass is 32.1. The number of piperidine rings is 2. The lowest BCUT2D eigenvalue weighted by atomic mass is 9.87. The molecule has 1 aromatic carbocycles. The number of halogens is 1. The molecule has 214 valence electrons. The van der Waals surface area contributed by atoms with Gasteiger partial charge in [-0.05, 0) is 89.1 Å². The fraction of sp³-hybridized carbons (Fsp3) is 0.621. The van der Waals surface area contributed by atoms with Crippen molar-refractivity contribution in [1.82, 2.24) is 20.1 Å². The minimum absolute atomic E-state index is 0.0627. The number of urea groups is 1. The van der Waals surface area contributed by atoms with Crippen LogP contribution >= 0.6 is 11.3 Å². The molecule has 0 radical (unpaired) electrons. The van der Waals surface area contributed by atoms with Crippen LogP contribution in [0.5, 0.6) is 0 Å². The van der Waals surface area contributed by atoms with E-state index in [2.05, 4.69) is 25.4 Å². The van der Waals surface area contributed by atoms with Gasteiger partial charge in [0, 0.05) is 39.1 Å². The number of aliphatic hydroxyl groups is 1. The lowest BCUT2D eigenvalue weighted by Crippen LogP contribution is -2.58. The van der Waals surface area contributed by atoms with Gasteiger partial charge in [0.25, 0.3) is 0 Å². The van der Waals surface area contributed by atoms with Gasteiger partial charge < -0.3 is 15.3 Å². The molecule has 3 heterocycles. The van der Waals surface area contributed by atoms with Gasteiger partial charge in [-0.1, -0.05) is 23.5 Å². The van der Waals surface area contributed by atoms with Crippen molar-refractivity contribution in [2.45, 2.75) is 65.0 Å². The van der Waals surface area contributed by atoms with Gasteiger partial charge in [0.15, 0.2) is 10.9 Å². The number of likely N-dealkylation sites (tertiary alicyclic amines) is 2. The Morgan fingerprint density at radius 2 is 1.90 bits per heavy atom. The summed E-state index contributed by atoms with van der Waals surface area (Å²) in [6.45, 7) is 11.9. The molecule has 3 atom stereocenters. The molecule has 10 heteroatoms. The molecule has 0 spiro atoms. The molecule has 8 nitrogen and oxygen atoms in total. The number of anilines is 1. The number of rotatable bonds is 9. The summed E-state index contributed by atoms with van der Waals surface area (Å²) in [5.74, 6) is 0.529. The molecule has 39 heavy (non-hydrogen) atoms. The number of thiazole rings is 1. The summed E-state index contributed by atoms with van der Waals surface area (Å²) in [7, 11) is 0. The van der Waals surface area contributed by atoms with Gasteiger partial charge >= 0.3 is 6.03 Å². The lowest BCUT2D eigenvalue weighted by Gasteiger charge is -2.43. The first-order chi connectivity index (χ1) is 18.4. The number of aryl methyl sites for hydroxylation is 1. The molecule has 1 aromatic heterocycles. The van der Waals surface area contributed by atoms with Crippen molar-refractivity contribution in [3.05, 3.63) is 46.2 Å². The van der Waals surface area contributed by atoms with Gasteiger partial charge in [-0.3, -0.25) is 15.0 Å². The number of amides is 2. The summed E-state index contributed by atoms with van der Waals surface area (Å²) >= 11 is 1.19. The molecule has 2 fully saturated rings. The smallest absolute Gasteiger partial charge is 0.321 e. The summed E-state index contributed by atoms with van der Waals surface area (Å²) < 4.78 is 13.3. The van der Waals surface area contributed by atoms with E-state index >= 15 is 0 Å². The van der Waals surface area contributed by atoms with E-state index in [-0.39, 0.29) is 29.6 Å². The molecule has 2 saturated heterocycles. The Morgan fingerprint density at radius 3 is 2.56 bits per heavy atom. The number of β-amino-alcohol motifs (C(OH)–C–C–N with tert-alkyl or cyclic N) is 1. The number of benzene rings is 1. The van der Waals surface area contributed by atoms with Crippen molar-refractivity contribution in [3.8, 4) is 0 Å². The minimum atomic E-state index is -0.818. The number of hydrogen-bond donors (Lipinski definition) is 3. The van der Waals surface area contributed by atoms with Crippen LogP contribution in [0.1, 0.15) is 61.0 Å². The molecule has 1 unspecified atom stereocenters. The fourth-order valence-corrected chi connectivity index (χ4v) is 6.84. The number of nitrogens with one attached hydrogen (secondary N) is 2. The predicted molar refractivity (Wildman–Crippen MR) is 153 cm³/mol. The highest BCUT2D eigenvalue weighted by Crippen LogP contribution is 2.27. The van der Waals surface area contributed by atoms with Crippen LogP contribution in [0.15, 0.2) is 24.3 Å². The fourth-order valence-electron chi connectivity index (χ4n) is 5.99. The Kier molecular flexibility index (Phi) is 9.74. The van der Waals surface area contributed by atoms with Gasteiger partial charge in [-0.2, -0.15) is 0 Å². The maximum absolute atomic E-state index is 13.3. The maximum Gasteiger partial charge on any atom is 0.321 e. The SMILES string of the molecule is CC(=O)c1sc(NC(=O)N[C@H]2CN(CC(C)(C)O)CC[C@H]2CN2CCCC(Cc3ccc(F)cc3)C2)nc1C. The van der Waals surface area contributed by atoms with Crippen LogP contribution in [0.4, 0.5) is 14.3 Å². The van der Waals surface area contributed by atoms with Crippen LogP contribution in [0.3, 0.4) is 0 Å². The van der Waals surface area contributed by atoms with E-state index < -0.39 is 5.60 Å². The van der Waals surface area contributed by atoms with E-state index in [0.29, 0.717) is 34.7 Å². The molecule has 0 bridgehead atoms. The first-order valence-corrected chi connectivity index (χ1v) is 14.7. The van der Waals surface area contributed by atoms with Gasteiger partial charge in [-0.15, -0.1) is 0 Å². The standard InChI is InChI=1S/C29H42FN5O3S/c1-19-26(20(2)36)39-28(31-19)33-27(37)32-25-17-35(18-29(3,4)38)13-11-23(25)16-34-12-5-6-22(15-34)14-21-7-9-24(30)10-8-21/h7-10,22-23,25,38H,5-6,11-18H2,1-4H3,(H2,31,32,33,37)/t22?,23-,25-/m0/s1. The van der Waals surface area contributed by atoms with Gasteiger partial charge in [0.2, 0.25) is 0 Å². The zero-order chi connectivity index (χ0) is 28.2. The van der Waals surface area contributed by atoms with Crippen LogP contribution in [0.2, 0.25) is 0 Å². The first kappa shape index (κ1) is 29.6. The summed E-state index contributed by atoms with van der Waals surface area (Å²) in [5, 5.41) is 16.8. The number of Topliss-reactive ketones (excluding diaryl/α,β-unsaturated/α-hetero) is 1. The Morgan fingerprint density at radius 1 is 1.15 bits per heavy atom. The normalized spacial score (nSPS) is 23.0. The topological polar surface area (TPSA) is 97.8 Å². The summed E-state index contributed by atoms with van der Waals surface area (Å²) in [4.78, 5) is 34.5. The maximum atomic E-state index is 13.3. The second-order valence-corrected chi connectivity index (χ2v) is 12.9.